The zero-order valence-corrected chi connectivity index (χ0v) is 22.1. The van der Waals surface area contributed by atoms with Crippen LogP contribution in [0.25, 0.3) is 34.2 Å². The van der Waals surface area contributed by atoms with Gasteiger partial charge in [-0.15, -0.1) is 0 Å². The Balaban J connectivity index is 1.59. The van der Waals surface area contributed by atoms with Crippen molar-refractivity contribution in [2.45, 2.75) is 19.3 Å². The van der Waals surface area contributed by atoms with Gasteiger partial charge >= 0.3 is 0 Å². The van der Waals surface area contributed by atoms with Crippen LogP contribution in [-0.4, -0.2) is 29.9 Å². The molecule has 1 aliphatic heterocycles. The molecule has 40 heavy (non-hydrogen) atoms. The van der Waals surface area contributed by atoms with Gasteiger partial charge in [0.1, 0.15) is 0 Å². The molecule has 0 N–H and O–H groups in total. The first-order valence-corrected chi connectivity index (χ1v) is 13.1. The van der Waals surface area contributed by atoms with Crippen LogP contribution in [0.1, 0.15) is 25.0 Å². The van der Waals surface area contributed by atoms with E-state index in [1.165, 1.54) is 11.1 Å². The third-order valence-corrected chi connectivity index (χ3v) is 7.42. The summed E-state index contributed by atoms with van der Waals surface area (Å²) in [5.41, 5.74) is 7.89. The van der Waals surface area contributed by atoms with Crippen molar-refractivity contribution >= 4 is 17.1 Å². The molecule has 0 atom stereocenters. The van der Waals surface area contributed by atoms with Crippen LogP contribution in [0.2, 0.25) is 0 Å². The lowest BCUT2D eigenvalue weighted by atomic mass is 9.73. The summed E-state index contributed by atoms with van der Waals surface area (Å²) in [5.74, 6) is 1.70. The van der Waals surface area contributed by atoms with Crippen LogP contribution in [-0.2, 0) is 5.41 Å². The summed E-state index contributed by atoms with van der Waals surface area (Å²) in [6.07, 6.45) is 10.5. The van der Waals surface area contributed by atoms with Gasteiger partial charge < -0.3 is 4.90 Å². The summed E-state index contributed by atoms with van der Waals surface area (Å²) in [6.45, 7) is 4.56. The van der Waals surface area contributed by atoms with Crippen molar-refractivity contribution in [3.63, 3.8) is 0 Å². The average molecular weight is 520 g/mol. The van der Waals surface area contributed by atoms with Crippen molar-refractivity contribution in [2.75, 3.05) is 4.90 Å². The van der Waals surface area contributed by atoms with E-state index in [0.717, 1.165) is 33.8 Å². The Bertz CT molecular complexity index is 1710. The molecule has 6 aromatic rings. The van der Waals surface area contributed by atoms with E-state index in [1.807, 2.05) is 12.1 Å². The zero-order valence-electron chi connectivity index (χ0n) is 22.1. The molecule has 0 spiro atoms. The SMILES string of the molecule is CC1(C)c2ccccc2N(c2cc(-c3ncccn3)c(-c3ncccn3)c(-c3ncccn3)c2)c2ccccc21. The number of anilines is 3. The molecule has 3 aromatic heterocycles. The van der Waals surface area contributed by atoms with Gasteiger partial charge in [-0.1, -0.05) is 50.2 Å². The van der Waals surface area contributed by atoms with E-state index in [-0.39, 0.29) is 5.41 Å². The highest BCUT2D eigenvalue weighted by atomic mass is 15.2. The Morgan fingerprint density at radius 3 is 1.35 bits per heavy atom. The smallest absolute Gasteiger partial charge is 0.160 e. The lowest BCUT2D eigenvalue weighted by Gasteiger charge is -2.42. The third kappa shape index (κ3) is 3.82. The summed E-state index contributed by atoms with van der Waals surface area (Å²) >= 11 is 0. The number of hydrogen-bond donors (Lipinski definition) is 0. The Labute approximate surface area is 232 Å². The molecule has 0 saturated heterocycles. The molecule has 3 aromatic carbocycles. The third-order valence-electron chi connectivity index (χ3n) is 7.42. The van der Waals surface area contributed by atoms with Crippen LogP contribution in [0.4, 0.5) is 17.1 Å². The summed E-state index contributed by atoms with van der Waals surface area (Å²) in [4.78, 5) is 30.1. The highest BCUT2D eigenvalue weighted by molar-refractivity contribution is 5.95. The highest BCUT2D eigenvalue weighted by Gasteiger charge is 2.37. The van der Waals surface area contributed by atoms with Gasteiger partial charge in [0.25, 0.3) is 0 Å². The molecule has 0 radical (unpaired) electrons. The standard InChI is InChI=1S/C33H25N7/c1-33(2)25-10-3-5-12-27(25)40(28-13-6-4-11-26(28)33)22-20-23(30-34-14-7-15-35-30)29(32-38-18-9-19-39-32)24(21-22)31-36-16-8-17-37-31/h3-21H,1-2H3. The van der Waals surface area contributed by atoms with Crippen LogP contribution in [0, 0.1) is 0 Å². The van der Waals surface area contributed by atoms with Crippen LogP contribution in [0.15, 0.2) is 116 Å². The van der Waals surface area contributed by atoms with Gasteiger partial charge in [0.05, 0.1) is 11.4 Å². The quantitative estimate of drug-likeness (QED) is 0.244. The predicted molar refractivity (Wildman–Crippen MR) is 156 cm³/mol. The van der Waals surface area contributed by atoms with Gasteiger partial charge in [0, 0.05) is 65.0 Å². The summed E-state index contributed by atoms with van der Waals surface area (Å²) in [5, 5.41) is 0. The highest BCUT2D eigenvalue weighted by Crippen LogP contribution is 2.53. The molecular formula is C33H25N7. The van der Waals surface area contributed by atoms with Crippen LogP contribution in [0.5, 0.6) is 0 Å². The number of hydrogen-bond acceptors (Lipinski definition) is 7. The van der Waals surface area contributed by atoms with E-state index in [0.29, 0.717) is 17.5 Å². The second kappa shape index (κ2) is 9.47. The first-order chi connectivity index (χ1) is 19.6. The Hall–Kier alpha value is -5.30. The Morgan fingerprint density at radius 2 is 0.900 bits per heavy atom. The van der Waals surface area contributed by atoms with Crippen molar-refractivity contribution in [3.8, 4) is 34.2 Å². The van der Waals surface area contributed by atoms with Gasteiger partial charge in [-0.3, -0.25) is 0 Å². The van der Waals surface area contributed by atoms with E-state index in [1.54, 1.807) is 43.2 Å². The second-order valence-electron chi connectivity index (χ2n) is 10.1. The maximum Gasteiger partial charge on any atom is 0.160 e. The lowest BCUT2D eigenvalue weighted by molar-refractivity contribution is 0.632. The number of para-hydroxylation sites is 2. The van der Waals surface area contributed by atoms with Crippen molar-refractivity contribution in [2.24, 2.45) is 0 Å². The minimum Gasteiger partial charge on any atom is -0.310 e. The van der Waals surface area contributed by atoms with Crippen molar-refractivity contribution in [3.05, 3.63) is 127 Å². The van der Waals surface area contributed by atoms with Crippen molar-refractivity contribution in [1.82, 2.24) is 29.9 Å². The predicted octanol–water partition coefficient (Wildman–Crippen LogP) is 7.17. The largest absolute Gasteiger partial charge is 0.310 e. The summed E-state index contributed by atoms with van der Waals surface area (Å²) in [6, 6.07) is 26.9. The fourth-order valence-corrected chi connectivity index (χ4v) is 5.60. The van der Waals surface area contributed by atoms with Gasteiger partial charge in [-0.05, 0) is 53.6 Å². The zero-order chi connectivity index (χ0) is 27.1. The van der Waals surface area contributed by atoms with Gasteiger partial charge in [0.2, 0.25) is 0 Å². The number of fused-ring (bicyclic) bond motifs is 2. The molecule has 4 heterocycles. The van der Waals surface area contributed by atoms with E-state index < -0.39 is 0 Å². The van der Waals surface area contributed by atoms with Crippen LogP contribution >= 0.6 is 0 Å². The molecule has 7 nitrogen and oxygen atoms in total. The monoisotopic (exact) mass is 519 g/mol. The topological polar surface area (TPSA) is 80.6 Å². The fourth-order valence-electron chi connectivity index (χ4n) is 5.60. The minimum absolute atomic E-state index is 0.168. The molecular weight excluding hydrogens is 494 g/mol. The number of aromatic nitrogens is 6. The fraction of sp³-hybridized carbons (Fsp3) is 0.0909. The maximum atomic E-state index is 4.64. The molecule has 192 valence electrons. The molecule has 0 aliphatic carbocycles. The van der Waals surface area contributed by atoms with Gasteiger partial charge in [0.15, 0.2) is 17.5 Å². The van der Waals surface area contributed by atoms with E-state index >= 15 is 0 Å². The Kier molecular flexibility index (Phi) is 5.63. The lowest BCUT2D eigenvalue weighted by Crippen LogP contribution is -2.30. The number of nitrogens with zero attached hydrogens (tertiary/aromatic N) is 7. The van der Waals surface area contributed by atoms with E-state index in [9.17, 15) is 0 Å². The molecule has 7 heteroatoms. The van der Waals surface area contributed by atoms with Crippen LogP contribution < -0.4 is 4.90 Å². The molecule has 0 amide bonds. The number of rotatable bonds is 4. The van der Waals surface area contributed by atoms with E-state index in [2.05, 4.69) is 109 Å². The summed E-state index contributed by atoms with van der Waals surface area (Å²) < 4.78 is 0. The molecule has 0 saturated carbocycles. The Morgan fingerprint density at radius 1 is 0.500 bits per heavy atom. The maximum absolute atomic E-state index is 4.64. The first kappa shape index (κ1) is 23.8. The van der Waals surface area contributed by atoms with Crippen LogP contribution in [0.3, 0.4) is 0 Å². The van der Waals surface area contributed by atoms with Crippen molar-refractivity contribution in [1.29, 1.82) is 0 Å². The summed E-state index contributed by atoms with van der Waals surface area (Å²) in [7, 11) is 0. The van der Waals surface area contributed by atoms with Gasteiger partial charge in [-0.2, -0.15) is 0 Å². The minimum atomic E-state index is -0.168. The molecule has 0 unspecified atom stereocenters. The normalized spacial score (nSPS) is 13.4. The molecule has 7 rings (SSSR count). The molecule has 0 fully saturated rings. The molecule has 0 bridgehead atoms. The van der Waals surface area contributed by atoms with Crippen molar-refractivity contribution < 1.29 is 0 Å². The second-order valence-corrected chi connectivity index (χ2v) is 10.1. The van der Waals surface area contributed by atoms with E-state index in [4.69, 9.17) is 0 Å². The van der Waals surface area contributed by atoms with Gasteiger partial charge in [-0.25, -0.2) is 29.9 Å². The first-order valence-electron chi connectivity index (χ1n) is 13.1. The average Bonchev–Trinajstić information content (AvgIpc) is 3.02. The molecule has 1 aliphatic rings. The number of benzene rings is 3.